The van der Waals surface area contributed by atoms with E-state index in [1.807, 2.05) is 36.7 Å². The number of aliphatic hydroxyl groups is 1. The fourth-order valence-electron chi connectivity index (χ4n) is 5.70. The molecule has 5 heterocycles. The molecule has 2 aromatic heterocycles. The van der Waals surface area contributed by atoms with Gasteiger partial charge in [-0.3, -0.25) is 4.57 Å². The highest BCUT2D eigenvalue weighted by Crippen LogP contribution is 2.35. The standard InChI is InChI=1S/C25H21N5.C6H13NO/c26-15-18-3-5-19(6-4-18)20-14-24-25-27-9-12-30(25)23-8-7-22(28-10-1-2-11-28)13-21(23)17-29(24)16-20;1-7-4-2-6(8)3-5-7/h3-9,12-14,16H,1-2,10-11,17H2;6,8H,2-5H2,1H3. The van der Waals surface area contributed by atoms with Crippen molar-refractivity contribution >= 4 is 5.69 Å². The van der Waals surface area contributed by atoms with Crippen molar-refractivity contribution in [2.24, 2.45) is 0 Å². The van der Waals surface area contributed by atoms with Crippen molar-refractivity contribution in [2.75, 3.05) is 38.1 Å². The minimum atomic E-state index is -0.0220. The number of likely N-dealkylation sites (tertiary alicyclic amines) is 1. The van der Waals surface area contributed by atoms with Crippen LogP contribution < -0.4 is 4.90 Å². The van der Waals surface area contributed by atoms with Gasteiger partial charge < -0.3 is 19.5 Å². The van der Waals surface area contributed by atoms with Gasteiger partial charge in [0.2, 0.25) is 0 Å². The lowest BCUT2D eigenvalue weighted by molar-refractivity contribution is 0.0943. The topological polar surface area (TPSA) is 73.2 Å². The number of anilines is 1. The van der Waals surface area contributed by atoms with E-state index in [2.05, 4.69) is 67.5 Å². The highest BCUT2D eigenvalue weighted by molar-refractivity contribution is 5.72. The first kappa shape index (κ1) is 24.5. The zero-order valence-corrected chi connectivity index (χ0v) is 21.9. The van der Waals surface area contributed by atoms with E-state index >= 15 is 0 Å². The van der Waals surface area contributed by atoms with Gasteiger partial charge in [0.25, 0.3) is 0 Å². The molecule has 38 heavy (non-hydrogen) atoms. The van der Waals surface area contributed by atoms with Gasteiger partial charge in [0, 0.05) is 62.6 Å². The van der Waals surface area contributed by atoms with Crippen molar-refractivity contribution in [2.45, 2.75) is 38.3 Å². The van der Waals surface area contributed by atoms with E-state index < -0.39 is 0 Å². The Labute approximate surface area is 224 Å². The molecule has 0 radical (unpaired) electrons. The molecule has 0 aliphatic carbocycles. The predicted octanol–water partition coefficient (Wildman–Crippen LogP) is 4.91. The van der Waals surface area contributed by atoms with Crippen LogP contribution in [0.1, 0.15) is 36.8 Å². The normalized spacial score (nSPS) is 17.0. The van der Waals surface area contributed by atoms with Gasteiger partial charge in [-0.15, -0.1) is 0 Å². The lowest BCUT2D eigenvalue weighted by Crippen LogP contribution is -2.32. The monoisotopic (exact) mass is 506 g/mol. The first-order chi connectivity index (χ1) is 18.6. The molecule has 2 aromatic carbocycles. The highest BCUT2D eigenvalue weighted by Gasteiger charge is 2.22. The SMILES string of the molecule is CN1CCC(O)CC1.N#Cc1ccc(-c2cc3n(c2)Cc2cc(N4CCCC4)ccc2-n2ccnc2-3)cc1. The molecule has 2 fully saturated rings. The summed E-state index contributed by atoms with van der Waals surface area (Å²) in [6, 6.07) is 19.0. The molecular formula is C31H34N6O. The lowest BCUT2D eigenvalue weighted by atomic mass is 10.1. The van der Waals surface area contributed by atoms with Crippen molar-refractivity contribution in [1.29, 1.82) is 5.26 Å². The maximum absolute atomic E-state index is 9.07. The summed E-state index contributed by atoms with van der Waals surface area (Å²) in [5, 5.41) is 18.1. The molecule has 0 atom stereocenters. The van der Waals surface area contributed by atoms with Crippen LogP contribution >= 0.6 is 0 Å². The van der Waals surface area contributed by atoms with Crippen LogP contribution in [0.15, 0.2) is 67.1 Å². The number of hydrogen-bond donors (Lipinski definition) is 1. The number of aromatic nitrogens is 3. The summed E-state index contributed by atoms with van der Waals surface area (Å²) in [7, 11) is 2.09. The van der Waals surface area contributed by atoms with Crippen molar-refractivity contribution in [3.63, 3.8) is 0 Å². The van der Waals surface area contributed by atoms with Gasteiger partial charge in [0.15, 0.2) is 5.82 Å². The van der Waals surface area contributed by atoms with E-state index in [0.29, 0.717) is 5.56 Å². The van der Waals surface area contributed by atoms with Crippen molar-refractivity contribution < 1.29 is 5.11 Å². The zero-order chi connectivity index (χ0) is 26.1. The minimum absolute atomic E-state index is 0.0220. The molecule has 0 unspecified atom stereocenters. The maximum atomic E-state index is 9.07. The third-order valence-electron chi connectivity index (χ3n) is 7.94. The van der Waals surface area contributed by atoms with Crippen LogP contribution in [0.5, 0.6) is 0 Å². The highest BCUT2D eigenvalue weighted by atomic mass is 16.3. The number of aliphatic hydroxyl groups excluding tert-OH is 1. The average Bonchev–Trinajstić information content (AvgIpc) is 3.71. The lowest BCUT2D eigenvalue weighted by Gasteiger charge is -2.25. The Morgan fingerprint density at radius 3 is 2.42 bits per heavy atom. The van der Waals surface area contributed by atoms with Gasteiger partial charge in [-0.2, -0.15) is 5.26 Å². The van der Waals surface area contributed by atoms with Crippen LogP contribution in [0.25, 0.3) is 28.3 Å². The third-order valence-corrected chi connectivity index (χ3v) is 7.94. The molecule has 194 valence electrons. The number of imidazole rings is 1. The van der Waals surface area contributed by atoms with Crippen molar-refractivity contribution in [3.05, 3.63) is 78.2 Å². The number of rotatable bonds is 2. The van der Waals surface area contributed by atoms with Gasteiger partial charge >= 0.3 is 0 Å². The molecule has 1 N–H and O–H groups in total. The molecule has 0 saturated carbocycles. The Morgan fingerprint density at radius 1 is 0.947 bits per heavy atom. The molecule has 4 aromatic rings. The first-order valence-electron chi connectivity index (χ1n) is 13.6. The Kier molecular flexibility index (Phi) is 6.75. The molecule has 0 amide bonds. The molecule has 7 nitrogen and oxygen atoms in total. The fraction of sp³-hybridized carbons (Fsp3) is 0.355. The van der Waals surface area contributed by atoms with Crippen LogP contribution in [0.4, 0.5) is 5.69 Å². The van der Waals surface area contributed by atoms with E-state index in [9.17, 15) is 0 Å². The van der Waals surface area contributed by atoms with Gasteiger partial charge in [-0.05, 0) is 80.3 Å². The van der Waals surface area contributed by atoms with E-state index in [-0.39, 0.29) is 6.10 Å². The van der Waals surface area contributed by atoms with Crippen LogP contribution in [0, 0.1) is 11.3 Å². The van der Waals surface area contributed by atoms with Crippen molar-refractivity contribution in [3.8, 4) is 34.4 Å². The van der Waals surface area contributed by atoms with Gasteiger partial charge in [0.1, 0.15) is 0 Å². The van der Waals surface area contributed by atoms with Gasteiger partial charge in [-0.1, -0.05) is 12.1 Å². The summed E-state index contributed by atoms with van der Waals surface area (Å²) in [4.78, 5) is 9.41. The zero-order valence-electron chi connectivity index (χ0n) is 21.9. The average molecular weight is 507 g/mol. The quantitative estimate of drug-likeness (QED) is 0.368. The van der Waals surface area contributed by atoms with Crippen LogP contribution in [0.3, 0.4) is 0 Å². The second-order valence-corrected chi connectivity index (χ2v) is 10.6. The number of piperidine rings is 1. The first-order valence-corrected chi connectivity index (χ1v) is 13.6. The summed E-state index contributed by atoms with van der Waals surface area (Å²) in [6.45, 7) is 5.22. The van der Waals surface area contributed by atoms with Crippen LogP contribution in [-0.4, -0.2) is 63.5 Å². The summed E-state index contributed by atoms with van der Waals surface area (Å²) in [5.74, 6) is 0.961. The molecule has 7 rings (SSSR count). The summed E-state index contributed by atoms with van der Waals surface area (Å²) in [6.07, 6.45) is 10.6. The fourth-order valence-corrected chi connectivity index (χ4v) is 5.70. The maximum Gasteiger partial charge on any atom is 0.161 e. The molecule has 0 bridgehead atoms. The smallest absolute Gasteiger partial charge is 0.161 e. The van der Waals surface area contributed by atoms with E-state index in [0.717, 1.165) is 68.2 Å². The predicted molar refractivity (Wildman–Crippen MR) is 150 cm³/mol. The summed E-state index contributed by atoms with van der Waals surface area (Å²) < 4.78 is 4.50. The second kappa shape index (κ2) is 10.5. The van der Waals surface area contributed by atoms with E-state index in [4.69, 9.17) is 10.4 Å². The molecular weight excluding hydrogens is 472 g/mol. The van der Waals surface area contributed by atoms with Crippen LogP contribution in [-0.2, 0) is 6.54 Å². The molecule has 3 aliphatic rings. The summed E-state index contributed by atoms with van der Waals surface area (Å²) >= 11 is 0. The number of nitrogens with zero attached hydrogens (tertiary/aromatic N) is 6. The largest absolute Gasteiger partial charge is 0.393 e. The minimum Gasteiger partial charge on any atom is -0.393 e. The number of hydrogen-bond acceptors (Lipinski definition) is 5. The third kappa shape index (κ3) is 4.85. The Morgan fingerprint density at radius 2 is 1.71 bits per heavy atom. The van der Waals surface area contributed by atoms with E-state index in [1.54, 1.807) is 0 Å². The van der Waals surface area contributed by atoms with E-state index in [1.165, 1.54) is 29.8 Å². The molecule has 2 saturated heterocycles. The van der Waals surface area contributed by atoms with Gasteiger partial charge in [-0.25, -0.2) is 4.98 Å². The molecule has 7 heteroatoms. The Bertz CT molecular complexity index is 1440. The summed E-state index contributed by atoms with van der Waals surface area (Å²) in [5.41, 5.74) is 7.86. The number of fused-ring (bicyclic) bond motifs is 5. The van der Waals surface area contributed by atoms with Crippen LogP contribution in [0.2, 0.25) is 0 Å². The Balaban J connectivity index is 0.000000285. The molecule has 3 aliphatic heterocycles. The second-order valence-electron chi connectivity index (χ2n) is 10.6. The van der Waals surface area contributed by atoms with Gasteiger partial charge in [0.05, 0.1) is 29.1 Å². The van der Waals surface area contributed by atoms with Crippen molar-refractivity contribution in [1.82, 2.24) is 19.0 Å². The molecule has 0 spiro atoms. The number of nitriles is 1. The number of benzene rings is 2. The Hall–Kier alpha value is -3.86.